The van der Waals surface area contributed by atoms with Gasteiger partial charge in [-0.1, -0.05) is 36.4 Å². The van der Waals surface area contributed by atoms with Crippen molar-refractivity contribution >= 4 is 12.0 Å². The molecule has 2 aromatic rings. The molecule has 2 N–H and O–H groups in total. The fraction of sp³-hybridized carbons (Fsp3) is 0.391. The smallest absolute Gasteiger partial charge is 0.407 e. The van der Waals surface area contributed by atoms with E-state index in [1.165, 1.54) is 11.1 Å². The number of benzene rings is 2. The molecule has 4 rings (SSSR count). The minimum absolute atomic E-state index is 0.0371. The van der Waals surface area contributed by atoms with E-state index in [-0.39, 0.29) is 18.6 Å². The first-order valence-electron chi connectivity index (χ1n) is 10.3. The van der Waals surface area contributed by atoms with E-state index in [9.17, 15) is 9.59 Å². The summed E-state index contributed by atoms with van der Waals surface area (Å²) in [6.07, 6.45) is 2.08. The highest BCUT2D eigenvalue weighted by Crippen LogP contribution is 2.19. The first-order chi connectivity index (χ1) is 14.2. The Morgan fingerprint density at radius 1 is 1.07 bits per heavy atom. The molecule has 29 heavy (non-hydrogen) atoms. The highest BCUT2D eigenvalue weighted by molar-refractivity contribution is 5.94. The van der Waals surface area contributed by atoms with Crippen LogP contribution in [0.2, 0.25) is 0 Å². The predicted molar refractivity (Wildman–Crippen MR) is 111 cm³/mol. The molecular formula is C23H27N3O3. The maximum atomic E-state index is 12.9. The second-order valence-electron chi connectivity index (χ2n) is 7.68. The summed E-state index contributed by atoms with van der Waals surface area (Å²) >= 11 is 0. The second kappa shape index (κ2) is 9.09. The summed E-state index contributed by atoms with van der Waals surface area (Å²) in [7, 11) is 0. The lowest BCUT2D eigenvalue weighted by molar-refractivity contribution is 0.0700. The molecule has 0 aliphatic carbocycles. The number of piperidine rings is 1. The van der Waals surface area contributed by atoms with Crippen molar-refractivity contribution in [2.75, 3.05) is 19.6 Å². The van der Waals surface area contributed by atoms with E-state index in [0.717, 1.165) is 43.5 Å². The van der Waals surface area contributed by atoms with Crippen molar-refractivity contribution < 1.29 is 14.3 Å². The minimum Gasteiger partial charge on any atom is -0.445 e. The van der Waals surface area contributed by atoms with E-state index in [1.807, 2.05) is 47.4 Å². The van der Waals surface area contributed by atoms with Crippen LogP contribution in [0.15, 0.2) is 48.5 Å². The molecule has 6 heteroatoms. The number of amides is 2. The lowest BCUT2D eigenvalue weighted by Gasteiger charge is -2.32. The number of rotatable bonds is 4. The van der Waals surface area contributed by atoms with Crippen molar-refractivity contribution in [3.05, 3.63) is 70.8 Å². The van der Waals surface area contributed by atoms with Crippen molar-refractivity contribution in [1.82, 2.24) is 15.5 Å². The molecule has 0 radical (unpaired) electrons. The zero-order chi connectivity index (χ0) is 20.1. The van der Waals surface area contributed by atoms with Gasteiger partial charge in [0.1, 0.15) is 6.61 Å². The van der Waals surface area contributed by atoms with Gasteiger partial charge in [-0.3, -0.25) is 4.79 Å². The second-order valence-corrected chi connectivity index (χ2v) is 7.68. The number of alkyl carbamates (subject to hydrolysis) is 1. The average Bonchev–Trinajstić information content (AvgIpc) is 2.78. The average molecular weight is 393 g/mol. The standard InChI is InChI=1S/C23H27N3O3/c27-22(19-7-6-18-8-11-24-15-20(18)14-19)26-12-9-21(10-13-26)25-23(28)29-16-17-4-2-1-3-5-17/h1-7,14,21,24H,8-13,15-16H2,(H,25,28). The fourth-order valence-electron chi connectivity index (χ4n) is 3.95. The van der Waals surface area contributed by atoms with Gasteiger partial charge in [-0.15, -0.1) is 0 Å². The van der Waals surface area contributed by atoms with Gasteiger partial charge in [-0.05, 0) is 54.6 Å². The van der Waals surface area contributed by atoms with Gasteiger partial charge < -0.3 is 20.3 Å². The summed E-state index contributed by atoms with van der Waals surface area (Å²) in [6, 6.07) is 15.7. The molecule has 2 amide bonds. The molecule has 0 bridgehead atoms. The number of hydrogen-bond donors (Lipinski definition) is 2. The molecule has 6 nitrogen and oxygen atoms in total. The van der Waals surface area contributed by atoms with Gasteiger partial charge in [-0.25, -0.2) is 4.79 Å². The van der Waals surface area contributed by atoms with Crippen LogP contribution in [0.5, 0.6) is 0 Å². The van der Waals surface area contributed by atoms with Crippen LogP contribution < -0.4 is 10.6 Å². The topological polar surface area (TPSA) is 70.7 Å². The van der Waals surface area contributed by atoms with E-state index >= 15 is 0 Å². The minimum atomic E-state index is -0.402. The Labute approximate surface area is 171 Å². The summed E-state index contributed by atoms with van der Waals surface area (Å²) in [6.45, 7) is 3.36. The largest absolute Gasteiger partial charge is 0.445 e. The van der Waals surface area contributed by atoms with E-state index in [2.05, 4.69) is 16.7 Å². The number of likely N-dealkylation sites (tertiary alicyclic amines) is 1. The predicted octanol–water partition coefficient (Wildman–Crippen LogP) is 2.86. The van der Waals surface area contributed by atoms with Crippen molar-refractivity contribution in [2.45, 2.75) is 38.5 Å². The molecule has 1 fully saturated rings. The molecule has 2 aromatic carbocycles. The molecule has 0 unspecified atom stereocenters. The van der Waals surface area contributed by atoms with Crippen LogP contribution in [-0.2, 0) is 24.3 Å². The molecule has 2 aliphatic rings. The highest BCUT2D eigenvalue weighted by Gasteiger charge is 2.25. The van der Waals surface area contributed by atoms with E-state index in [4.69, 9.17) is 4.74 Å². The Morgan fingerprint density at radius 3 is 2.66 bits per heavy atom. The van der Waals surface area contributed by atoms with Crippen LogP contribution in [0.1, 0.15) is 39.9 Å². The van der Waals surface area contributed by atoms with Gasteiger partial charge in [0, 0.05) is 31.2 Å². The van der Waals surface area contributed by atoms with Gasteiger partial charge in [0.15, 0.2) is 0 Å². The fourth-order valence-corrected chi connectivity index (χ4v) is 3.95. The zero-order valence-electron chi connectivity index (χ0n) is 16.5. The Hall–Kier alpha value is -2.86. The molecule has 0 aromatic heterocycles. The van der Waals surface area contributed by atoms with Crippen molar-refractivity contribution in [2.24, 2.45) is 0 Å². The number of nitrogens with one attached hydrogen (secondary N) is 2. The Morgan fingerprint density at radius 2 is 1.86 bits per heavy atom. The Balaban J connectivity index is 1.24. The van der Waals surface area contributed by atoms with Gasteiger partial charge in [0.25, 0.3) is 5.91 Å². The van der Waals surface area contributed by atoms with Crippen molar-refractivity contribution in [1.29, 1.82) is 0 Å². The highest BCUT2D eigenvalue weighted by atomic mass is 16.5. The van der Waals surface area contributed by atoms with Gasteiger partial charge in [0.05, 0.1) is 0 Å². The molecule has 2 aliphatic heterocycles. The van der Waals surface area contributed by atoms with E-state index in [1.54, 1.807) is 0 Å². The number of hydrogen-bond acceptors (Lipinski definition) is 4. The summed E-state index contributed by atoms with van der Waals surface area (Å²) in [4.78, 5) is 26.8. The quantitative estimate of drug-likeness (QED) is 0.838. The number of ether oxygens (including phenoxy) is 1. The van der Waals surface area contributed by atoms with Crippen LogP contribution >= 0.6 is 0 Å². The molecule has 152 valence electrons. The zero-order valence-corrected chi connectivity index (χ0v) is 16.5. The molecule has 0 saturated carbocycles. The van der Waals surface area contributed by atoms with Crippen molar-refractivity contribution in [3.8, 4) is 0 Å². The molecular weight excluding hydrogens is 366 g/mol. The first kappa shape index (κ1) is 19.5. The van der Waals surface area contributed by atoms with Crippen molar-refractivity contribution in [3.63, 3.8) is 0 Å². The Bertz CT molecular complexity index is 861. The number of fused-ring (bicyclic) bond motifs is 1. The van der Waals surface area contributed by atoms with E-state index < -0.39 is 6.09 Å². The lowest BCUT2D eigenvalue weighted by atomic mass is 9.97. The monoisotopic (exact) mass is 393 g/mol. The summed E-state index contributed by atoms with van der Waals surface area (Å²) in [5.41, 5.74) is 4.27. The lowest BCUT2D eigenvalue weighted by Crippen LogP contribution is -2.46. The Kier molecular flexibility index (Phi) is 6.10. The summed E-state index contributed by atoms with van der Waals surface area (Å²) in [5, 5.41) is 6.28. The third-order valence-corrected chi connectivity index (χ3v) is 5.66. The number of nitrogens with zero attached hydrogens (tertiary/aromatic N) is 1. The molecule has 1 saturated heterocycles. The van der Waals surface area contributed by atoms with Crippen LogP contribution in [0.25, 0.3) is 0 Å². The van der Waals surface area contributed by atoms with Crippen LogP contribution in [0.3, 0.4) is 0 Å². The van der Waals surface area contributed by atoms with Gasteiger partial charge in [0.2, 0.25) is 0 Å². The third kappa shape index (κ3) is 4.95. The molecule has 0 spiro atoms. The molecule has 0 atom stereocenters. The number of carbonyl (C=O) groups excluding carboxylic acids is 2. The van der Waals surface area contributed by atoms with Gasteiger partial charge >= 0.3 is 6.09 Å². The summed E-state index contributed by atoms with van der Waals surface area (Å²) < 4.78 is 5.29. The summed E-state index contributed by atoms with van der Waals surface area (Å²) in [5.74, 6) is 0.0727. The maximum absolute atomic E-state index is 12.9. The first-order valence-corrected chi connectivity index (χ1v) is 10.3. The van der Waals surface area contributed by atoms with E-state index in [0.29, 0.717) is 13.1 Å². The third-order valence-electron chi connectivity index (χ3n) is 5.66. The van der Waals surface area contributed by atoms with Crippen LogP contribution in [0, 0.1) is 0 Å². The molecule has 2 heterocycles. The SMILES string of the molecule is O=C(NC1CCN(C(=O)c2ccc3c(c2)CNCC3)CC1)OCc1ccccc1. The number of carbonyl (C=O) groups is 2. The van der Waals surface area contributed by atoms with Crippen LogP contribution in [-0.4, -0.2) is 42.6 Å². The van der Waals surface area contributed by atoms with Gasteiger partial charge in [-0.2, -0.15) is 0 Å². The maximum Gasteiger partial charge on any atom is 0.407 e. The normalized spacial score (nSPS) is 16.8. The van der Waals surface area contributed by atoms with Crippen LogP contribution in [0.4, 0.5) is 4.79 Å².